The highest BCUT2D eigenvalue weighted by molar-refractivity contribution is 7.90. The smallest absolute Gasteiger partial charge is 0.268 e. The lowest BCUT2D eigenvalue weighted by Crippen LogP contribution is -2.14. The molecule has 4 rings (SSSR count). The summed E-state index contributed by atoms with van der Waals surface area (Å²) in [6.45, 7) is 2.67. The molecule has 0 aliphatic heterocycles. The first-order valence-corrected chi connectivity index (χ1v) is 12.7. The molecular weight excluding hydrogens is 450 g/mol. The number of aromatic nitrogens is 1. The fourth-order valence-corrected chi connectivity index (χ4v) is 5.48. The molecule has 0 saturated heterocycles. The topological polar surface area (TPSA) is 74.6 Å². The first-order valence-electron chi connectivity index (χ1n) is 11.2. The van der Waals surface area contributed by atoms with Crippen LogP contribution in [0.15, 0.2) is 77.7 Å². The van der Waals surface area contributed by atoms with Crippen LogP contribution in [-0.4, -0.2) is 32.4 Å². The number of hydrogen-bond donors (Lipinski definition) is 0. The SMILES string of the molecule is CCCCCOc1ccc(C=O)c(-c2cc3cc(OC)ccc3n2S(=O)(=O)c2ccccc2)c1. The maximum absolute atomic E-state index is 13.8. The molecule has 0 spiro atoms. The standard InChI is InChI=1S/C27H27NO5S/c1-3-4-8-15-33-23-12-11-20(19-29)25(18-23)27-17-21-16-22(32-2)13-14-26(21)28(27)34(30,31)24-9-6-5-7-10-24/h5-7,9-14,16-19H,3-4,8,15H2,1-2H3. The second-order valence-electron chi connectivity index (χ2n) is 7.96. The summed E-state index contributed by atoms with van der Waals surface area (Å²) >= 11 is 0. The zero-order chi connectivity index (χ0) is 24.1. The normalized spacial score (nSPS) is 11.5. The van der Waals surface area contributed by atoms with Crippen molar-refractivity contribution in [3.63, 3.8) is 0 Å². The van der Waals surface area contributed by atoms with Gasteiger partial charge >= 0.3 is 0 Å². The molecule has 0 saturated carbocycles. The molecule has 0 fully saturated rings. The van der Waals surface area contributed by atoms with E-state index in [0.717, 1.165) is 25.5 Å². The summed E-state index contributed by atoms with van der Waals surface area (Å²) in [6, 6.07) is 20.4. The minimum atomic E-state index is -3.96. The third-order valence-corrected chi connectivity index (χ3v) is 7.43. The number of methoxy groups -OCH3 is 1. The van der Waals surface area contributed by atoms with Gasteiger partial charge in [0.05, 0.1) is 29.8 Å². The molecule has 0 aliphatic carbocycles. The minimum Gasteiger partial charge on any atom is -0.497 e. The quantitative estimate of drug-likeness (QED) is 0.209. The zero-order valence-electron chi connectivity index (χ0n) is 19.2. The van der Waals surface area contributed by atoms with Gasteiger partial charge in [-0.15, -0.1) is 0 Å². The minimum absolute atomic E-state index is 0.157. The molecule has 0 atom stereocenters. The van der Waals surface area contributed by atoms with E-state index >= 15 is 0 Å². The Kier molecular flexibility index (Phi) is 7.03. The third kappa shape index (κ3) is 4.56. The van der Waals surface area contributed by atoms with E-state index in [1.54, 1.807) is 79.9 Å². The summed E-state index contributed by atoms with van der Waals surface area (Å²) in [4.78, 5) is 12.1. The lowest BCUT2D eigenvalue weighted by Gasteiger charge is -2.15. The lowest BCUT2D eigenvalue weighted by atomic mass is 10.0. The van der Waals surface area contributed by atoms with Crippen molar-refractivity contribution in [2.75, 3.05) is 13.7 Å². The Balaban J connectivity index is 1.94. The monoisotopic (exact) mass is 477 g/mol. The summed E-state index contributed by atoms with van der Waals surface area (Å²) in [5.41, 5.74) is 1.73. The Morgan fingerprint density at radius 3 is 2.38 bits per heavy atom. The van der Waals surface area contributed by atoms with Crippen LogP contribution in [0.5, 0.6) is 11.5 Å². The molecule has 1 heterocycles. The molecule has 6 nitrogen and oxygen atoms in total. The van der Waals surface area contributed by atoms with Crippen LogP contribution in [0.25, 0.3) is 22.2 Å². The van der Waals surface area contributed by atoms with E-state index in [0.29, 0.717) is 45.8 Å². The van der Waals surface area contributed by atoms with Gasteiger partial charge in [-0.1, -0.05) is 38.0 Å². The van der Waals surface area contributed by atoms with Crippen LogP contribution >= 0.6 is 0 Å². The first kappa shape index (κ1) is 23.6. The predicted octanol–water partition coefficient (Wildman–Crippen LogP) is 5.94. The van der Waals surface area contributed by atoms with Crippen molar-refractivity contribution in [1.82, 2.24) is 3.97 Å². The second kappa shape index (κ2) is 10.1. The van der Waals surface area contributed by atoms with Crippen molar-refractivity contribution < 1.29 is 22.7 Å². The van der Waals surface area contributed by atoms with Crippen molar-refractivity contribution in [3.8, 4) is 22.8 Å². The molecule has 1 aromatic heterocycles. The van der Waals surface area contributed by atoms with Gasteiger partial charge in [-0.2, -0.15) is 0 Å². The molecule has 4 aromatic rings. The molecule has 0 N–H and O–H groups in total. The number of carbonyl (C=O) groups excluding carboxylic acids is 1. The van der Waals surface area contributed by atoms with Gasteiger partial charge in [0.25, 0.3) is 10.0 Å². The molecule has 176 valence electrons. The fraction of sp³-hybridized carbons (Fsp3) is 0.222. The van der Waals surface area contributed by atoms with Crippen LogP contribution in [0.4, 0.5) is 0 Å². The van der Waals surface area contributed by atoms with Crippen molar-refractivity contribution in [2.24, 2.45) is 0 Å². The largest absolute Gasteiger partial charge is 0.497 e. The van der Waals surface area contributed by atoms with Crippen LogP contribution in [0.1, 0.15) is 36.5 Å². The van der Waals surface area contributed by atoms with E-state index in [9.17, 15) is 13.2 Å². The molecule has 0 aliphatic rings. The maximum atomic E-state index is 13.8. The summed E-state index contributed by atoms with van der Waals surface area (Å²) < 4.78 is 40.1. The average Bonchev–Trinajstić information content (AvgIpc) is 3.26. The zero-order valence-corrected chi connectivity index (χ0v) is 20.0. The van der Waals surface area contributed by atoms with Crippen molar-refractivity contribution in [3.05, 3.63) is 78.4 Å². The van der Waals surface area contributed by atoms with Gasteiger partial charge in [-0.05, 0) is 61.0 Å². The average molecular weight is 478 g/mol. The van der Waals surface area contributed by atoms with Crippen LogP contribution < -0.4 is 9.47 Å². The van der Waals surface area contributed by atoms with Gasteiger partial charge in [-0.25, -0.2) is 12.4 Å². The number of unbranched alkanes of at least 4 members (excludes halogenated alkanes) is 2. The highest BCUT2D eigenvalue weighted by atomic mass is 32.2. The van der Waals surface area contributed by atoms with E-state index in [1.165, 1.54) is 3.97 Å². The number of hydrogen-bond acceptors (Lipinski definition) is 5. The molecule has 34 heavy (non-hydrogen) atoms. The molecule has 0 radical (unpaired) electrons. The van der Waals surface area contributed by atoms with Crippen molar-refractivity contribution >= 4 is 27.2 Å². The van der Waals surface area contributed by atoms with Crippen molar-refractivity contribution in [2.45, 2.75) is 31.1 Å². The molecule has 7 heteroatoms. The Morgan fingerprint density at radius 1 is 0.912 bits per heavy atom. The Bertz CT molecular complexity index is 1410. The number of carbonyl (C=O) groups is 1. The highest BCUT2D eigenvalue weighted by Crippen LogP contribution is 2.36. The number of rotatable bonds is 10. The summed E-state index contributed by atoms with van der Waals surface area (Å²) in [7, 11) is -2.40. The van der Waals surface area contributed by atoms with Gasteiger partial charge in [0.15, 0.2) is 6.29 Å². The van der Waals surface area contributed by atoms with Gasteiger partial charge in [-0.3, -0.25) is 4.79 Å². The molecule has 3 aromatic carbocycles. The van der Waals surface area contributed by atoms with Crippen LogP contribution in [0.2, 0.25) is 0 Å². The van der Waals surface area contributed by atoms with E-state index in [2.05, 4.69) is 6.92 Å². The Hall–Kier alpha value is -3.58. The van der Waals surface area contributed by atoms with E-state index < -0.39 is 10.0 Å². The number of fused-ring (bicyclic) bond motifs is 1. The fourth-order valence-electron chi connectivity index (χ4n) is 3.93. The first-order chi connectivity index (χ1) is 16.5. The Morgan fingerprint density at radius 2 is 1.68 bits per heavy atom. The predicted molar refractivity (Wildman–Crippen MR) is 133 cm³/mol. The van der Waals surface area contributed by atoms with Crippen LogP contribution in [0, 0.1) is 0 Å². The maximum Gasteiger partial charge on any atom is 0.268 e. The van der Waals surface area contributed by atoms with Gasteiger partial charge in [0.1, 0.15) is 11.5 Å². The summed E-state index contributed by atoms with van der Waals surface area (Å²) in [6.07, 6.45) is 3.79. The third-order valence-electron chi connectivity index (χ3n) is 5.69. The molecule has 0 unspecified atom stereocenters. The number of benzene rings is 3. The van der Waals surface area contributed by atoms with Gasteiger partial charge < -0.3 is 9.47 Å². The van der Waals surface area contributed by atoms with E-state index in [-0.39, 0.29) is 4.90 Å². The molecular formula is C27H27NO5S. The lowest BCUT2D eigenvalue weighted by molar-refractivity contribution is 0.112. The van der Waals surface area contributed by atoms with E-state index in [4.69, 9.17) is 9.47 Å². The number of ether oxygens (including phenoxy) is 2. The van der Waals surface area contributed by atoms with Crippen molar-refractivity contribution in [1.29, 1.82) is 0 Å². The van der Waals surface area contributed by atoms with Crippen LogP contribution in [0.3, 0.4) is 0 Å². The molecule has 0 amide bonds. The Labute approximate surface area is 199 Å². The summed E-state index contributed by atoms with van der Waals surface area (Å²) in [5, 5.41) is 0.681. The van der Waals surface area contributed by atoms with Gasteiger partial charge in [0, 0.05) is 16.5 Å². The highest BCUT2D eigenvalue weighted by Gasteiger charge is 2.25. The van der Waals surface area contributed by atoms with Crippen LogP contribution in [-0.2, 0) is 10.0 Å². The number of nitrogens with zero attached hydrogens (tertiary/aromatic N) is 1. The van der Waals surface area contributed by atoms with Gasteiger partial charge in [0.2, 0.25) is 0 Å². The second-order valence-corrected chi connectivity index (χ2v) is 9.75. The van der Waals surface area contributed by atoms with E-state index in [1.807, 2.05) is 0 Å². The molecule has 0 bridgehead atoms. The number of aldehydes is 1. The summed E-state index contributed by atoms with van der Waals surface area (Å²) in [5.74, 6) is 1.19.